The number of aliphatic hydroxyl groups excluding tert-OH is 3. The molecule has 4 aliphatic carbocycles. The maximum atomic E-state index is 13.3. The summed E-state index contributed by atoms with van der Waals surface area (Å²) in [6, 6.07) is 0. The van der Waals surface area contributed by atoms with Crippen molar-refractivity contribution >= 4 is 12.0 Å². The zero-order valence-corrected chi connectivity index (χ0v) is 15.2. The molecule has 142 valence electrons. The number of rotatable bonds is 0. The summed E-state index contributed by atoms with van der Waals surface area (Å²) in [7, 11) is 0. The van der Waals surface area contributed by atoms with Crippen molar-refractivity contribution < 1.29 is 25.2 Å². The summed E-state index contributed by atoms with van der Waals surface area (Å²) in [5.41, 5.74) is -4.61. The van der Waals surface area contributed by atoms with Crippen LogP contribution in [0.25, 0.3) is 0 Å². The fraction of sp³-hybridized carbons (Fsp3) is 0.800. The molecule has 4 saturated carbocycles. The Morgan fingerprint density at radius 2 is 1.85 bits per heavy atom. The molecule has 0 aromatic heterocycles. The molecule has 2 spiro atoms. The maximum absolute atomic E-state index is 13.3. The Hall–Kier alpha value is -1.08. The van der Waals surface area contributed by atoms with E-state index in [1.807, 2.05) is 13.8 Å². The summed E-state index contributed by atoms with van der Waals surface area (Å²) < 4.78 is 0. The van der Waals surface area contributed by atoms with Crippen molar-refractivity contribution in [2.24, 2.45) is 39.0 Å². The number of aliphatic imine (C=N–C) groups is 1. The highest BCUT2D eigenvalue weighted by atomic mass is 16.4. The van der Waals surface area contributed by atoms with Gasteiger partial charge in [0, 0.05) is 23.5 Å². The maximum Gasteiger partial charge on any atom is 0.197 e. The van der Waals surface area contributed by atoms with Crippen molar-refractivity contribution in [3.05, 3.63) is 12.2 Å². The second kappa shape index (κ2) is 4.49. The Morgan fingerprint density at radius 1 is 1.15 bits per heavy atom. The first-order valence-corrected chi connectivity index (χ1v) is 9.63. The van der Waals surface area contributed by atoms with E-state index in [1.54, 1.807) is 6.21 Å². The average Bonchev–Trinajstić information content (AvgIpc) is 2.69. The molecule has 6 rings (SSSR count). The van der Waals surface area contributed by atoms with Crippen LogP contribution in [0.3, 0.4) is 0 Å². The fourth-order valence-corrected chi connectivity index (χ4v) is 7.71. The van der Waals surface area contributed by atoms with Crippen molar-refractivity contribution in [2.45, 2.75) is 63.6 Å². The first-order valence-electron chi connectivity index (χ1n) is 9.63. The van der Waals surface area contributed by atoms with Gasteiger partial charge in [-0.25, -0.2) is 0 Å². The predicted molar refractivity (Wildman–Crippen MR) is 93.2 cm³/mol. The van der Waals surface area contributed by atoms with E-state index in [1.165, 1.54) is 0 Å². The van der Waals surface area contributed by atoms with Crippen molar-refractivity contribution in [1.82, 2.24) is 0 Å². The Morgan fingerprint density at radius 3 is 2.54 bits per heavy atom. The van der Waals surface area contributed by atoms with Gasteiger partial charge in [-0.3, -0.25) is 9.79 Å². The highest BCUT2D eigenvalue weighted by molar-refractivity contribution is 6.06. The van der Waals surface area contributed by atoms with Crippen molar-refractivity contribution in [1.29, 1.82) is 0 Å². The highest BCUT2D eigenvalue weighted by Crippen LogP contribution is 2.75. The van der Waals surface area contributed by atoms with Crippen LogP contribution in [0.1, 0.15) is 39.5 Å². The van der Waals surface area contributed by atoms with Gasteiger partial charge in [0.1, 0.15) is 11.5 Å². The molecule has 2 aliphatic heterocycles. The third-order valence-corrected chi connectivity index (χ3v) is 8.72. The molecule has 4 N–H and O–H groups in total. The first-order chi connectivity index (χ1) is 12.1. The molecular weight excluding hydrogens is 334 g/mol. The third-order valence-electron chi connectivity index (χ3n) is 8.72. The molecule has 6 aliphatic rings. The summed E-state index contributed by atoms with van der Waals surface area (Å²) in [6.07, 6.45) is 0.848. The summed E-state index contributed by atoms with van der Waals surface area (Å²) in [6.45, 7) is 7.96. The molecule has 0 saturated heterocycles. The minimum Gasteiger partial charge on any atom is -0.392 e. The predicted octanol–water partition coefficient (Wildman–Crippen LogP) is 0.430. The molecule has 4 fully saturated rings. The molecule has 9 unspecified atom stereocenters. The van der Waals surface area contributed by atoms with Gasteiger partial charge in [0.25, 0.3) is 0 Å². The summed E-state index contributed by atoms with van der Waals surface area (Å²) in [5, 5.41) is 45.2. The number of Topliss-reactive ketones (excluding diaryl/α,β-unsaturated/α-hetero) is 1. The molecular formula is C20H27NO5. The molecule has 6 nitrogen and oxygen atoms in total. The molecule has 9 atom stereocenters. The van der Waals surface area contributed by atoms with Crippen LogP contribution in [0.5, 0.6) is 0 Å². The van der Waals surface area contributed by atoms with E-state index < -0.39 is 52.6 Å². The number of hydrogen-bond donors (Lipinski definition) is 4. The SMILES string of the molecule is C=C1C(=O)C23C(O)C1CCC2C12C=NC3(O)C(O)C1C(C)(C)CCC2O. The molecule has 2 heterocycles. The Labute approximate surface area is 152 Å². The minimum atomic E-state index is -2.08. The molecule has 0 radical (unpaired) electrons. The summed E-state index contributed by atoms with van der Waals surface area (Å²) in [4.78, 5) is 17.6. The van der Waals surface area contributed by atoms with E-state index in [4.69, 9.17) is 0 Å². The Kier molecular flexibility index (Phi) is 2.94. The lowest BCUT2D eigenvalue weighted by Crippen LogP contribution is -2.82. The van der Waals surface area contributed by atoms with E-state index in [0.29, 0.717) is 31.3 Å². The second-order valence-corrected chi connectivity index (χ2v) is 9.85. The van der Waals surface area contributed by atoms with Crippen LogP contribution in [0.15, 0.2) is 17.1 Å². The Balaban J connectivity index is 1.84. The van der Waals surface area contributed by atoms with E-state index in [0.717, 1.165) is 0 Å². The number of aliphatic hydroxyl groups is 4. The van der Waals surface area contributed by atoms with E-state index >= 15 is 0 Å². The zero-order chi connectivity index (χ0) is 18.9. The van der Waals surface area contributed by atoms with Crippen LogP contribution in [-0.2, 0) is 4.79 Å². The van der Waals surface area contributed by atoms with Gasteiger partial charge in [0.2, 0.25) is 0 Å². The van der Waals surface area contributed by atoms with Gasteiger partial charge in [-0.2, -0.15) is 0 Å². The van der Waals surface area contributed by atoms with Gasteiger partial charge in [0.15, 0.2) is 11.5 Å². The molecule has 0 aromatic carbocycles. The number of nitrogens with zero attached hydrogens (tertiary/aromatic N) is 1. The number of carbonyl (C=O) groups is 1. The first kappa shape index (κ1) is 17.0. The lowest BCUT2D eigenvalue weighted by molar-refractivity contribution is -0.319. The van der Waals surface area contributed by atoms with Crippen LogP contribution in [-0.4, -0.2) is 56.5 Å². The topological polar surface area (TPSA) is 110 Å². The second-order valence-electron chi connectivity index (χ2n) is 9.85. The molecule has 4 bridgehead atoms. The summed E-state index contributed by atoms with van der Waals surface area (Å²) >= 11 is 0. The largest absolute Gasteiger partial charge is 0.392 e. The van der Waals surface area contributed by atoms with Gasteiger partial charge in [-0.05, 0) is 42.6 Å². The number of fused-ring (bicyclic) bond motifs is 1. The van der Waals surface area contributed by atoms with Crippen LogP contribution >= 0.6 is 0 Å². The van der Waals surface area contributed by atoms with Gasteiger partial charge < -0.3 is 20.4 Å². The van der Waals surface area contributed by atoms with Gasteiger partial charge in [-0.15, -0.1) is 0 Å². The molecule has 0 amide bonds. The number of hydrogen-bond acceptors (Lipinski definition) is 6. The van der Waals surface area contributed by atoms with E-state index in [2.05, 4.69) is 11.6 Å². The van der Waals surface area contributed by atoms with Crippen LogP contribution in [0.4, 0.5) is 0 Å². The zero-order valence-electron chi connectivity index (χ0n) is 15.2. The van der Waals surface area contributed by atoms with E-state index in [9.17, 15) is 25.2 Å². The van der Waals surface area contributed by atoms with Crippen molar-refractivity contribution in [2.75, 3.05) is 0 Å². The summed E-state index contributed by atoms with van der Waals surface area (Å²) in [5.74, 6) is -1.68. The Bertz CT molecular complexity index is 761. The van der Waals surface area contributed by atoms with Crippen LogP contribution in [0, 0.1) is 34.0 Å². The van der Waals surface area contributed by atoms with Gasteiger partial charge >= 0.3 is 0 Å². The van der Waals surface area contributed by atoms with Gasteiger partial charge in [-0.1, -0.05) is 20.4 Å². The minimum absolute atomic E-state index is 0.320. The van der Waals surface area contributed by atoms with Crippen LogP contribution in [0.2, 0.25) is 0 Å². The fourth-order valence-electron chi connectivity index (χ4n) is 7.71. The monoisotopic (exact) mass is 361 g/mol. The lowest BCUT2D eigenvalue weighted by Gasteiger charge is -2.72. The van der Waals surface area contributed by atoms with Gasteiger partial charge in [0.05, 0.1) is 12.2 Å². The smallest absolute Gasteiger partial charge is 0.197 e. The molecule has 6 heteroatoms. The molecule has 26 heavy (non-hydrogen) atoms. The van der Waals surface area contributed by atoms with E-state index in [-0.39, 0.29) is 11.2 Å². The quantitative estimate of drug-likeness (QED) is 0.468. The lowest BCUT2D eigenvalue weighted by atomic mass is 9.35. The third kappa shape index (κ3) is 1.36. The number of carbonyl (C=O) groups excluding carboxylic acids is 1. The van der Waals surface area contributed by atoms with Crippen molar-refractivity contribution in [3.8, 4) is 0 Å². The number of ketones is 1. The highest BCUT2D eigenvalue weighted by Gasteiger charge is 2.85. The molecule has 0 aromatic rings. The van der Waals surface area contributed by atoms with Crippen LogP contribution < -0.4 is 0 Å². The average molecular weight is 361 g/mol. The standard InChI is InChI=1S/C20H27NO5/c1-9-10-4-5-11-18-8-21-20(26,19(11,14(9)23)15(10)24)16(25)13(18)17(2,3)7-6-12(18)22/h8,10-13,15-16,22,24-26H,1,4-7H2,2-3H3. The van der Waals surface area contributed by atoms with Crippen molar-refractivity contribution in [3.63, 3.8) is 0 Å². The normalized spacial score (nSPS) is 59.3.